The summed E-state index contributed by atoms with van der Waals surface area (Å²) in [5, 5.41) is 17.1. The van der Waals surface area contributed by atoms with Crippen molar-refractivity contribution >= 4 is 17.6 Å². The van der Waals surface area contributed by atoms with E-state index in [1.807, 2.05) is 26.0 Å². The highest BCUT2D eigenvalue weighted by atomic mass is 16.6. The van der Waals surface area contributed by atoms with E-state index in [-0.39, 0.29) is 17.6 Å². The van der Waals surface area contributed by atoms with Crippen LogP contribution < -0.4 is 10.6 Å². The second kappa shape index (κ2) is 11.3. The van der Waals surface area contributed by atoms with Gasteiger partial charge in [0.25, 0.3) is 5.69 Å². The molecule has 0 unspecified atom stereocenters. The fourth-order valence-electron chi connectivity index (χ4n) is 3.42. The number of rotatable bonds is 8. The van der Waals surface area contributed by atoms with Gasteiger partial charge in [-0.1, -0.05) is 12.1 Å². The van der Waals surface area contributed by atoms with Crippen molar-refractivity contribution in [3.63, 3.8) is 0 Å². The predicted molar refractivity (Wildman–Crippen MR) is 121 cm³/mol. The van der Waals surface area contributed by atoms with Crippen molar-refractivity contribution in [2.24, 2.45) is 4.99 Å². The van der Waals surface area contributed by atoms with Gasteiger partial charge in [-0.3, -0.25) is 19.8 Å². The molecule has 1 amide bonds. The predicted octanol–water partition coefficient (Wildman–Crippen LogP) is 1.98. The van der Waals surface area contributed by atoms with E-state index >= 15 is 0 Å². The Balaban J connectivity index is 1.61. The molecule has 10 heteroatoms. The number of nitro groups is 1. The summed E-state index contributed by atoms with van der Waals surface area (Å²) in [5.74, 6) is 1.58. The highest BCUT2D eigenvalue weighted by Gasteiger charge is 2.21. The van der Waals surface area contributed by atoms with E-state index in [4.69, 9.17) is 9.41 Å². The summed E-state index contributed by atoms with van der Waals surface area (Å²) in [6.07, 6.45) is 1.63. The standard InChI is InChI=1S/C22H30N6O4/c1-17(2)25-21(29)16-26-9-11-27(12-10-26)22(24-15-20-4-3-13-32-20)23-14-18-5-7-19(8-6-18)28(30)31/h3-8,13,17H,9-12,14-16H2,1-2H3,(H,23,24)(H,25,29). The van der Waals surface area contributed by atoms with Gasteiger partial charge in [0.15, 0.2) is 5.96 Å². The Labute approximate surface area is 187 Å². The second-order valence-electron chi connectivity index (χ2n) is 7.98. The van der Waals surface area contributed by atoms with E-state index in [1.165, 1.54) is 12.1 Å². The first kappa shape index (κ1) is 23.3. The number of benzene rings is 1. The van der Waals surface area contributed by atoms with Gasteiger partial charge in [-0.15, -0.1) is 0 Å². The van der Waals surface area contributed by atoms with Crippen LogP contribution in [0.15, 0.2) is 52.1 Å². The van der Waals surface area contributed by atoms with Gasteiger partial charge in [0.2, 0.25) is 5.91 Å². The molecule has 1 saturated heterocycles. The molecule has 0 aliphatic carbocycles. The summed E-state index contributed by atoms with van der Waals surface area (Å²) in [5.41, 5.74) is 0.948. The Bertz CT molecular complexity index is 903. The molecule has 0 spiro atoms. The Kier molecular flexibility index (Phi) is 8.20. The molecule has 2 heterocycles. The molecule has 1 aliphatic heterocycles. The molecule has 1 aliphatic rings. The Hall–Kier alpha value is -3.40. The number of hydrogen-bond acceptors (Lipinski definition) is 6. The van der Waals surface area contributed by atoms with Crippen LogP contribution in [0.2, 0.25) is 0 Å². The van der Waals surface area contributed by atoms with Crippen molar-refractivity contribution < 1.29 is 14.1 Å². The van der Waals surface area contributed by atoms with E-state index in [9.17, 15) is 14.9 Å². The molecule has 0 radical (unpaired) electrons. The van der Waals surface area contributed by atoms with Crippen LogP contribution in [0, 0.1) is 10.1 Å². The van der Waals surface area contributed by atoms with Crippen molar-refractivity contribution in [1.29, 1.82) is 0 Å². The first-order chi connectivity index (χ1) is 15.4. The molecular weight excluding hydrogens is 412 g/mol. The van der Waals surface area contributed by atoms with Crippen LogP contribution in [-0.2, 0) is 17.9 Å². The van der Waals surface area contributed by atoms with Gasteiger partial charge < -0.3 is 20.0 Å². The monoisotopic (exact) mass is 442 g/mol. The normalized spacial score (nSPS) is 15.1. The highest BCUT2D eigenvalue weighted by molar-refractivity contribution is 5.80. The zero-order valence-corrected chi connectivity index (χ0v) is 18.5. The van der Waals surface area contributed by atoms with Crippen LogP contribution in [-0.4, -0.2) is 65.4 Å². The van der Waals surface area contributed by atoms with E-state index in [1.54, 1.807) is 18.4 Å². The zero-order chi connectivity index (χ0) is 22.9. The third-order valence-corrected chi connectivity index (χ3v) is 5.05. The number of nitro benzene ring substituents is 1. The number of aliphatic imine (C=N–C) groups is 1. The Morgan fingerprint density at radius 2 is 1.91 bits per heavy atom. The lowest BCUT2D eigenvalue weighted by Crippen LogP contribution is -2.54. The number of amides is 1. The lowest BCUT2D eigenvalue weighted by atomic mass is 10.2. The molecule has 2 N–H and O–H groups in total. The molecule has 3 rings (SSSR count). The minimum atomic E-state index is -0.412. The van der Waals surface area contributed by atoms with Gasteiger partial charge in [0.05, 0.1) is 30.8 Å². The first-order valence-electron chi connectivity index (χ1n) is 10.7. The molecule has 0 bridgehead atoms. The fraction of sp³-hybridized carbons (Fsp3) is 0.455. The summed E-state index contributed by atoms with van der Waals surface area (Å²) in [6, 6.07) is 10.3. The van der Waals surface area contributed by atoms with Crippen LogP contribution in [0.25, 0.3) is 0 Å². The lowest BCUT2D eigenvalue weighted by molar-refractivity contribution is -0.384. The van der Waals surface area contributed by atoms with E-state index < -0.39 is 4.92 Å². The number of non-ortho nitro benzene ring substituents is 1. The maximum Gasteiger partial charge on any atom is 0.269 e. The van der Waals surface area contributed by atoms with Crippen molar-refractivity contribution in [1.82, 2.24) is 20.4 Å². The summed E-state index contributed by atoms with van der Waals surface area (Å²) < 4.78 is 5.41. The number of carbonyl (C=O) groups excluding carboxylic acids is 1. The van der Waals surface area contributed by atoms with Crippen LogP contribution >= 0.6 is 0 Å². The second-order valence-corrected chi connectivity index (χ2v) is 7.98. The molecule has 10 nitrogen and oxygen atoms in total. The number of nitrogens with one attached hydrogen (secondary N) is 2. The maximum absolute atomic E-state index is 12.0. The maximum atomic E-state index is 12.0. The Morgan fingerprint density at radius 1 is 1.19 bits per heavy atom. The number of nitrogens with zero attached hydrogens (tertiary/aromatic N) is 4. The van der Waals surface area contributed by atoms with Crippen molar-refractivity contribution in [2.75, 3.05) is 32.7 Å². The summed E-state index contributed by atoms with van der Waals surface area (Å²) in [7, 11) is 0. The third-order valence-electron chi connectivity index (χ3n) is 5.05. The lowest BCUT2D eigenvalue weighted by Gasteiger charge is -2.36. The third kappa shape index (κ3) is 7.09. The molecule has 2 aromatic rings. The van der Waals surface area contributed by atoms with Gasteiger partial charge >= 0.3 is 0 Å². The first-order valence-corrected chi connectivity index (χ1v) is 10.7. The van der Waals surface area contributed by atoms with Gasteiger partial charge in [0, 0.05) is 44.4 Å². The van der Waals surface area contributed by atoms with Gasteiger partial charge in [0.1, 0.15) is 5.76 Å². The molecule has 32 heavy (non-hydrogen) atoms. The minimum Gasteiger partial charge on any atom is -0.467 e. The molecule has 172 valence electrons. The summed E-state index contributed by atoms with van der Waals surface area (Å²) in [6.45, 7) is 8.18. The summed E-state index contributed by atoms with van der Waals surface area (Å²) >= 11 is 0. The average molecular weight is 443 g/mol. The van der Waals surface area contributed by atoms with Gasteiger partial charge in [-0.25, -0.2) is 4.99 Å². The number of guanidine groups is 1. The fourth-order valence-corrected chi connectivity index (χ4v) is 3.42. The van der Waals surface area contributed by atoms with Crippen LogP contribution in [0.5, 0.6) is 0 Å². The number of hydrogen-bond donors (Lipinski definition) is 2. The molecule has 1 fully saturated rings. The van der Waals surface area contributed by atoms with Crippen LogP contribution in [0.1, 0.15) is 25.2 Å². The number of furan rings is 1. The molecule has 0 atom stereocenters. The van der Waals surface area contributed by atoms with Gasteiger partial charge in [-0.2, -0.15) is 0 Å². The molecule has 1 aromatic heterocycles. The van der Waals surface area contributed by atoms with Crippen LogP contribution in [0.4, 0.5) is 5.69 Å². The van der Waals surface area contributed by atoms with E-state index in [0.29, 0.717) is 19.6 Å². The summed E-state index contributed by atoms with van der Waals surface area (Å²) in [4.78, 5) is 31.5. The topological polar surface area (TPSA) is 116 Å². The minimum absolute atomic E-state index is 0.0384. The van der Waals surface area contributed by atoms with Crippen molar-refractivity contribution in [3.05, 3.63) is 64.1 Å². The van der Waals surface area contributed by atoms with Crippen molar-refractivity contribution in [3.8, 4) is 0 Å². The Morgan fingerprint density at radius 3 is 2.50 bits per heavy atom. The molecule has 1 aromatic carbocycles. The van der Waals surface area contributed by atoms with E-state index in [0.717, 1.165) is 43.5 Å². The average Bonchev–Trinajstić information content (AvgIpc) is 3.28. The van der Waals surface area contributed by atoms with Gasteiger partial charge in [-0.05, 0) is 31.5 Å². The number of carbonyl (C=O) groups is 1. The van der Waals surface area contributed by atoms with Crippen LogP contribution in [0.3, 0.4) is 0 Å². The highest BCUT2D eigenvalue weighted by Crippen LogP contribution is 2.13. The van der Waals surface area contributed by atoms with E-state index in [2.05, 4.69) is 20.4 Å². The molecule has 0 saturated carbocycles. The zero-order valence-electron chi connectivity index (χ0n) is 18.5. The largest absolute Gasteiger partial charge is 0.467 e. The molecular formula is C22H30N6O4. The number of piperazine rings is 1. The quantitative estimate of drug-likeness (QED) is 0.278. The smallest absolute Gasteiger partial charge is 0.269 e. The van der Waals surface area contributed by atoms with Crippen molar-refractivity contribution in [2.45, 2.75) is 33.0 Å². The SMILES string of the molecule is CC(C)NC(=O)CN1CCN(C(=NCc2ccc([N+](=O)[O-])cc2)NCc2ccco2)CC1.